The molecule has 1 unspecified atom stereocenters. The van der Waals surface area contributed by atoms with Gasteiger partial charge >= 0.3 is 0 Å². The summed E-state index contributed by atoms with van der Waals surface area (Å²) >= 11 is 3.60. The number of nitrogens with one attached hydrogen (secondary N) is 1. The first kappa shape index (κ1) is 12.8. The summed E-state index contributed by atoms with van der Waals surface area (Å²) in [5, 5.41) is 3.26. The van der Waals surface area contributed by atoms with Gasteiger partial charge in [-0.05, 0) is 42.6 Å². The van der Waals surface area contributed by atoms with Crippen molar-refractivity contribution in [1.29, 1.82) is 0 Å². The molecule has 0 spiro atoms. The number of rotatable bonds is 5. The number of ether oxygens (including phenoxy) is 1. The molecule has 1 aromatic heterocycles. The second kappa shape index (κ2) is 5.31. The van der Waals surface area contributed by atoms with E-state index in [-0.39, 0.29) is 6.10 Å². The fourth-order valence-electron chi connectivity index (χ4n) is 1.68. The molecule has 0 aromatic carbocycles. The molecule has 2 rings (SSSR count). The molecule has 1 saturated carbocycles. The van der Waals surface area contributed by atoms with E-state index in [9.17, 15) is 0 Å². The molecule has 0 bridgehead atoms. The third kappa shape index (κ3) is 2.77. The highest BCUT2D eigenvalue weighted by molar-refractivity contribution is 9.10. The van der Waals surface area contributed by atoms with Crippen molar-refractivity contribution >= 4 is 21.7 Å². The van der Waals surface area contributed by atoms with E-state index < -0.39 is 0 Å². The summed E-state index contributed by atoms with van der Waals surface area (Å²) in [7, 11) is 1.68. The lowest BCUT2D eigenvalue weighted by atomic mass is 10.2. The second-order valence-electron chi connectivity index (χ2n) is 4.31. The van der Waals surface area contributed by atoms with Gasteiger partial charge in [0.05, 0.1) is 10.2 Å². The van der Waals surface area contributed by atoms with Gasteiger partial charge in [0.15, 0.2) is 5.82 Å². The van der Waals surface area contributed by atoms with Crippen molar-refractivity contribution in [2.75, 3.05) is 19.0 Å². The standard InChI is InChI=1S/C12H18BrN3O/c1-4-14-12-9(13)10(8-5-6-8)15-11(16-12)7(2)17-3/h7-8H,4-6H2,1-3H3,(H,14,15,16). The smallest absolute Gasteiger partial charge is 0.159 e. The quantitative estimate of drug-likeness (QED) is 0.906. The Hall–Kier alpha value is -0.680. The molecular formula is C12H18BrN3O. The Morgan fingerprint density at radius 2 is 2.18 bits per heavy atom. The molecule has 1 atom stereocenters. The van der Waals surface area contributed by atoms with Crippen LogP contribution in [0, 0.1) is 0 Å². The van der Waals surface area contributed by atoms with Gasteiger partial charge in [-0.1, -0.05) is 0 Å². The lowest BCUT2D eigenvalue weighted by Crippen LogP contribution is -2.10. The van der Waals surface area contributed by atoms with Crippen LogP contribution in [0.2, 0.25) is 0 Å². The highest BCUT2D eigenvalue weighted by Crippen LogP contribution is 2.44. The maximum atomic E-state index is 5.30. The Balaban J connectivity index is 2.40. The SMILES string of the molecule is CCNc1nc(C(C)OC)nc(C2CC2)c1Br. The zero-order valence-electron chi connectivity index (χ0n) is 10.5. The predicted molar refractivity (Wildman–Crippen MR) is 71.3 cm³/mol. The number of halogens is 1. The normalized spacial score (nSPS) is 16.9. The molecule has 5 heteroatoms. The molecular weight excluding hydrogens is 282 g/mol. The molecule has 0 amide bonds. The Morgan fingerprint density at radius 1 is 1.47 bits per heavy atom. The van der Waals surface area contributed by atoms with Gasteiger partial charge in [0, 0.05) is 19.6 Å². The van der Waals surface area contributed by atoms with E-state index in [1.807, 2.05) is 6.92 Å². The number of methoxy groups -OCH3 is 1. The average molecular weight is 300 g/mol. The van der Waals surface area contributed by atoms with Gasteiger partial charge in [-0.2, -0.15) is 0 Å². The van der Waals surface area contributed by atoms with E-state index in [0.29, 0.717) is 5.92 Å². The first-order valence-corrected chi connectivity index (χ1v) is 6.80. The van der Waals surface area contributed by atoms with Gasteiger partial charge in [0.2, 0.25) is 0 Å². The fraction of sp³-hybridized carbons (Fsp3) is 0.667. The number of anilines is 1. The minimum absolute atomic E-state index is 0.0713. The first-order valence-electron chi connectivity index (χ1n) is 6.01. The van der Waals surface area contributed by atoms with Crippen molar-refractivity contribution in [2.24, 2.45) is 0 Å². The minimum atomic E-state index is -0.0713. The lowest BCUT2D eigenvalue weighted by Gasteiger charge is -2.14. The van der Waals surface area contributed by atoms with Crippen LogP contribution < -0.4 is 5.32 Å². The summed E-state index contributed by atoms with van der Waals surface area (Å²) in [4.78, 5) is 9.13. The van der Waals surface area contributed by atoms with Crippen LogP contribution in [0.4, 0.5) is 5.82 Å². The van der Waals surface area contributed by atoms with Crippen molar-refractivity contribution in [2.45, 2.75) is 38.7 Å². The van der Waals surface area contributed by atoms with E-state index in [0.717, 1.165) is 28.4 Å². The van der Waals surface area contributed by atoms with Crippen molar-refractivity contribution in [3.05, 3.63) is 16.0 Å². The molecule has 1 aliphatic rings. The van der Waals surface area contributed by atoms with Crippen molar-refractivity contribution in [3.63, 3.8) is 0 Å². The van der Waals surface area contributed by atoms with Crippen LogP contribution in [0.3, 0.4) is 0 Å². The number of aromatic nitrogens is 2. The lowest BCUT2D eigenvalue weighted by molar-refractivity contribution is 0.112. The van der Waals surface area contributed by atoms with Crippen LogP contribution in [-0.2, 0) is 4.74 Å². The number of hydrogen-bond acceptors (Lipinski definition) is 4. The molecule has 4 nitrogen and oxygen atoms in total. The number of nitrogens with zero attached hydrogens (tertiary/aromatic N) is 2. The summed E-state index contributed by atoms with van der Waals surface area (Å²) in [6, 6.07) is 0. The molecule has 0 aliphatic heterocycles. The van der Waals surface area contributed by atoms with Gasteiger partial charge in [0.1, 0.15) is 11.9 Å². The van der Waals surface area contributed by atoms with Crippen LogP contribution >= 0.6 is 15.9 Å². The van der Waals surface area contributed by atoms with Gasteiger partial charge < -0.3 is 10.1 Å². The van der Waals surface area contributed by atoms with Gasteiger partial charge in [-0.25, -0.2) is 9.97 Å². The Labute approximate surface area is 110 Å². The minimum Gasteiger partial charge on any atom is -0.374 e. The molecule has 1 heterocycles. The third-order valence-electron chi connectivity index (χ3n) is 2.92. The fourth-order valence-corrected chi connectivity index (χ4v) is 2.32. The largest absolute Gasteiger partial charge is 0.374 e. The molecule has 1 N–H and O–H groups in total. The van der Waals surface area contributed by atoms with Crippen LogP contribution in [0.15, 0.2) is 4.47 Å². The molecule has 0 radical (unpaired) electrons. The Kier molecular flexibility index (Phi) is 3.99. The van der Waals surface area contributed by atoms with Gasteiger partial charge in [0.25, 0.3) is 0 Å². The molecule has 17 heavy (non-hydrogen) atoms. The summed E-state index contributed by atoms with van der Waals surface area (Å²) in [6.45, 7) is 4.88. The van der Waals surface area contributed by atoms with Crippen molar-refractivity contribution < 1.29 is 4.74 Å². The summed E-state index contributed by atoms with van der Waals surface area (Å²) in [6.07, 6.45) is 2.38. The maximum absolute atomic E-state index is 5.30. The zero-order chi connectivity index (χ0) is 12.4. The molecule has 1 aliphatic carbocycles. The summed E-state index contributed by atoms with van der Waals surface area (Å²) in [5.41, 5.74) is 1.12. The number of hydrogen-bond donors (Lipinski definition) is 1. The van der Waals surface area contributed by atoms with Crippen LogP contribution in [0.25, 0.3) is 0 Å². The summed E-state index contributed by atoms with van der Waals surface area (Å²) < 4.78 is 6.30. The van der Waals surface area contributed by atoms with E-state index in [2.05, 4.69) is 38.1 Å². The van der Waals surface area contributed by atoms with Crippen LogP contribution in [-0.4, -0.2) is 23.6 Å². The van der Waals surface area contributed by atoms with Crippen LogP contribution in [0.5, 0.6) is 0 Å². The van der Waals surface area contributed by atoms with Crippen molar-refractivity contribution in [1.82, 2.24) is 9.97 Å². The predicted octanol–water partition coefficient (Wildman–Crippen LogP) is 3.26. The van der Waals surface area contributed by atoms with Crippen molar-refractivity contribution in [3.8, 4) is 0 Å². The first-order chi connectivity index (χ1) is 8.17. The third-order valence-corrected chi connectivity index (χ3v) is 3.70. The monoisotopic (exact) mass is 299 g/mol. The molecule has 94 valence electrons. The molecule has 1 aromatic rings. The average Bonchev–Trinajstić information content (AvgIpc) is 3.15. The highest BCUT2D eigenvalue weighted by atomic mass is 79.9. The van der Waals surface area contributed by atoms with Gasteiger partial charge in [-0.3, -0.25) is 0 Å². The summed E-state index contributed by atoms with van der Waals surface area (Å²) in [5.74, 6) is 2.23. The van der Waals surface area contributed by atoms with E-state index in [1.165, 1.54) is 12.8 Å². The van der Waals surface area contributed by atoms with Crippen LogP contribution in [0.1, 0.15) is 50.2 Å². The van der Waals surface area contributed by atoms with E-state index >= 15 is 0 Å². The molecule has 0 saturated heterocycles. The van der Waals surface area contributed by atoms with E-state index in [1.54, 1.807) is 7.11 Å². The van der Waals surface area contributed by atoms with E-state index in [4.69, 9.17) is 4.74 Å². The second-order valence-corrected chi connectivity index (χ2v) is 5.11. The molecule has 1 fully saturated rings. The highest BCUT2D eigenvalue weighted by Gasteiger charge is 2.30. The van der Waals surface area contributed by atoms with Gasteiger partial charge in [-0.15, -0.1) is 0 Å². The Morgan fingerprint density at radius 3 is 2.71 bits per heavy atom. The Bertz CT molecular complexity index is 407. The topological polar surface area (TPSA) is 47.0 Å². The maximum Gasteiger partial charge on any atom is 0.159 e. The zero-order valence-corrected chi connectivity index (χ0v) is 12.0.